The molecular weight excluding hydrogens is 248 g/mol. The summed E-state index contributed by atoms with van der Waals surface area (Å²) in [6, 6.07) is 10.4. The first kappa shape index (κ1) is 12.4. The predicted octanol–water partition coefficient (Wildman–Crippen LogP) is 2.16. The third kappa shape index (κ3) is 1.91. The Morgan fingerprint density at radius 1 is 1.06 bits per heavy atom. The maximum absolute atomic E-state index is 11.7. The number of rotatable bonds is 2. The van der Waals surface area contributed by atoms with Crippen molar-refractivity contribution in [3.8, 4) is 5.40 Å². The largest absolute Gasteiger partial charge is 0.377 e. The Balaban J connectivity index is 2.90. The minimum atomic E-state index is -3.88. The molecule has 0 unspecified atom stereocenters. The van der Waals surface area contributed by atoms with Gasteiger partial charge in [0.1, 0.15) is 0 Å². The molecule has 0 saturated carbocycles. The number of nitrogens with zero attached hydrogens (tertiary/aromatic N) is 2. The Bertz CT molecular complexity index is 743. The minimum Gasteiger partial charge on any atom is -0.377 e. The Morgan fingerprint density at radius 3 is 2.28 bits per heavy atom. The smallest absolute Gasteiger partial charge is 0.270 e. The summed E-state index contributed by atoms with van der Waals surface area (Å²) >= 11 is 0. The second-order valence-corrected chi connectivity index (χ2v) is 5.75. The number of hydrogen-bond donors (Lipinski definition) is 0. The normalized spacial score (nSPS) is 11.2. The third-order valence-electron chi connectivity index (χ3n) is 2.75. The topological polar surface area (TPSA) is 61.2 Å². The lowest BCUT2D eigenvalue weighted by Crippen LogP contribution is -2.09. The van der Waals surface area contributed by atoms with Gasteiger partial charge in [-0.3, -0.25) is 0 Å². The Hall–Kier alpha value is -2.06. The van der Waals surface area contributed by atoms with Gasteiger partial charge in [0, 0.05) is 30.6 Å². The van der Waals surface area contributed by atoms with Crippen molar-refractivity contribution >= 4 is 26.3 Å². The summed E-state index contributed by atoms with van der Waals surface area (Å²) in [6.45, 7) is 0. The molecule has 5 heteroatoms. The number of hydrogen-bond acceptors (Lipinski definition) is 4. The molecule has 4 nitrogen and oxygen atoms in total. The SMILES string of the molecule is CN(C)c1cccc2c(S(=O)(=O)C#N)cccc12. The van der Waals surface area contributed by atoms with Gasteiger partial charge in [-0.1, -0.05) is 24.3 Å². The summed E-state index contributed by atoms with van der Waals surface area (Å²) in [5, 5.41) is 11.5. The fraction of sp³-hybridized carbons (Fsp3) is 0.154. The summed E-state index contributed by atoms with van der Waals surface area (Å²) in [4.78, 5) is 1.97. The first-order chi connectivity index (χ1) is 8.47. The molecule has 0 bridgehead atoms. The van der Waals surface area contributed by atoms with Crippen LogP contribution in [0.2, 0.25) is 0 Å². The van der Waals surface area contributed by atoms with E-state index in [2.05, 4.69) is 0 Å². The van der Waals surface area contributed by atoms with Crippen LogP contribution in [0, 0.1) is 10.7 Å². The molecule has 0 heterocycles. The number of fused-ring (bicyclic) bond motifs is 1. The van der Waals surface area contributed by atoms with Gasteiger partial charge < -0.3 is 4.90 Å². The zero-order valence-corrected chi connectivity index (χ0v) is 10.9. The van der Waals surface area contributed by atoms with E-state index < -0.39 is 9.84 Å². The zero-order chi connectivity index (χ0) is 13.3. The van der Waals surface area contributed by atoms with E-state index in [1.807, 2.05) is 31.1 Å². The summed E-state index contributed by atoms with van der Waals surface area (Å²) in [6.07, 6.45) is 0. The first-order valence-electron chi connectivity index (χ1n) is 5.32. The molecule has 0 radical (unpaired) electrons. The number of benzene rings is 2. The Kier molecular flexibility index (Phi) is 2.97. The van der Waals surface area contributed by atoms with Crippen LogP contribution < -0.4 is 4.90 Å². The molecule has 0 aliphatic carbocycles. The Morgan fingerprint density at radius 2 is 1.67 bits per heavy atom. The van der Waals surface area contributed by atoms with Crippen molar-refractivity contribution in [1.82, 2.24) is 0 Å². The van der Waals surface area contributed by atoms with Gasteiger partial charge in [0.05, 0.1) is 4.90 Å². The summed E-state index contributed by atoms with van der Waals surface area (Å²) in [7, 11) is -0.102. The molecule has 0 atom stereocenters. The fourth-order valence-corrected chi connectivity index (χ4v) is 2.76. The van der Waals surface area contributed by atoms with Crippen LogP contribution in [0.5, 0.6) is 0 Å². The molecular formula is C13H12N2O2S. The minimum absolute atomic E-state index is 0.0613. The summed E-state index contributed by atoms with van der Waals surface area (Å²) in [5.74, 6) is 0. The molecule has 0 fully saturated rings. The molecule has 0 aromatic heterocycles. The number of thiocyanates is 1. The first-order valence-corrected chi connectivity index (χ1v) is 6.80. The molecule has 0 amide bonds. The van der Waals surface area contributed by atoms with Crippen LogP contribution in [0.15, 0.2) is 41.3 Å². The zero-order valence-electron chi connectivity index (χ0n) is 10.1. The highest BCUT2D eigenvalue weighted by atomic mass is 32.2. The van der Waals surface area contributed by atoms with Crippen molar-refractivity contribution in [3.63, 3.8) is 0 Å². The van der Waals surface area contributed by atoms with Crippen molar-refractivity contribution < 1.29 is 8.42 Å². The molecule has 0 spiro atoms. The molecule has 0 saturated heterocycles. The average Bonchev–Trinajstić information content (AvgIpc) is 2.37. The van der Waals surface area contributed by atoms with Gasteiger partial charge in [-0.15, -0.1) is 0 Å². The van der Waals surface area contributed by atoms with Crippen LogP contribution in [0.1, 0.15) is 0 Å². The molecule has 2 rings (SSSR count). The van der Waals surface area contributed by atoms with E-state index in [-0.39, 0.29) is 4.90 Å². The Labute approximate surface area is 106 Å². The van der Waals surface area contributed by atoms with Gasteiger partial charge in [-0.05, 0) is 12.1 Å². The molecule has 18 heavy (non-hydrogen) atoms. The standard InChI is InChI=1S/C13H12N2O2S/c1-15(2)12-7-3-6-11-10(12)5-4-8-13(11)18(16,17)9-14/h3-8H,1-2H3. The van der Waals surface area contributed by atoms with Crippen molar-refractivity contribution in [2.45, 2.75) is 4.90 Å². The van der Waals surface area contributed by atoms with E-state index >= 15 is 0 Å². The average molecular weight is 260 g/mol. The van der Waals surface area contributed by atoms with Gasteiger partial charge in [0.2, 0.25) is 0 Å². The number of anilines is 1. The lowest BCUT2D eigenvalue weighted by atomic mass is 10.1. The molecule has 0 aliphatic heterocycles. The highest BCUT2D eigenvalue weighted by Gasteiger charge is 2.17. The summed E-state index contributed by atoms with van der Waals surface area (Å²) in [5.41, 5.74) is 0.919. The highest BCUT2D eigenvalue weighted by Crippen LogP contribution is 2.30. The van der Waals surface area contributed by atoms with Gasteiger partial charge >= 0.3 is 0 Å². The van der Waals surface area contributed by atoms with Crippen LogP contribution in [-0.4, -0.2) is 22.5 Å². The van der Waals surface area contributed by atoms with Crippen molar-refractivity contribution in [2.75, 3.05) is 19.0 Å². The fourth-order valence-electron chi connectivity index (χ4n) is 1.94. The van der Waals surface area contributed by atoms with Gasteiger partial charge in [-0.2, -0.15) is 5.26 Å². The quantitative estimate of drug-likeness (QED) is 0.613. The molecule has 2 aromatic rings. The van der Waals surface area contributed by atoms with E-state index in [1.165, 1.54) is 11.5 Å². The highest BCUT2D eigenvalue weighted by molar-refractivity contribution is 7.96. The van der Waals surface area contributed by atoms with E-state index in [0.717, 1.165) is 11.1 Å². The van der Waals surface area contributed by atoms with Crippen LogP contribution in [0.25, 0.3) is 10.8 Å². The van der Waals surface area contributed by atoms with Gasteiger partial charge in [-0.25, -0.2) is 8.42 Å². The van der Waals surface area contributed by atoms with Crippen LogP contribution in [0.4, 0.5) is 5.69 Å². The van der Waals surface area contributed by atoms with Crippen LogP contribution >= 0.6 is 0 Å². The van der Waals surface area contributed by atoms with Crippen molar-refractivity contribution in [3.05, 3.63) is 36.4 Å². The molecule has 92 valence electrons. The maximum Gasteiger partial charge on any atom is 0.270 e. The second kappa shape index (κ2) is 4.31. The van der Waals surface area contributed by atoms with E-state index in [1.54, 1.807) is 18.2 Å². The molecule has 0 aliphatic rings. The lowest BCUT2D eigenvalue weighted by molar-refractivity contribution is 0.606. The predicted molar refractivity (Wildman–Crippen MR) is 71.1 cm³/mol. The second-order valence-electron chi connectivity index (χ2n) is 4.12. The maximum atomic E-state index is 11.7. The van der Waals surface area contributed by atoms with Crippen molar-refractivity contribution in [2.24, 2.45) is 0 Å². The van der Waals surface area contributed by atoms with E-state index in [4.69, 9.17) is 5.26 Å². The number of nitriles is 1. The summed E-state index contributed by atoms with van der Waals surface area (Å²) < 4.78 is 23.4. The molecule has 0 N–H and O–H groups in total. The monoisotopic (exact) mass is 260 g/mol. The lowest BCUT2D eigenvalue weighted by Gasteiger charge is -2.16. The third-order valence-corrected chi connectivity index (χ3v) is 3.93. The molecule has 2 aromatic carbocycles. The van der Waals surface area contributed by atoms with E-state index in [0.29, 0.717) is 5.39 Å². The van der Waals surface area contributed by atoms with Crippen molar-refractivity contribution in [1.29, 1.82) is 5.26 Å². The van der Waals surface area contributed by atoms with Crippen LogP contribution in [0.3, 0.4) is 0 Å². The number of sulfone groups is 1. The van der Waals surface area contributed by atoms with E-state index in [9.17, 15) is 8.42 Å². The van der Waals surface area contributed by atoms with Gasteiger partial charge in [0.15, 0.2) is 5.40 Å². The van der Waals surface area contributed by atoms with Gasteiger partial charge in [0.25, 0.3) is 9.84 Å². The van der Waals surface area contributed by atoms with Crippen LogP contribution in [-0.2, 0) is 9.84 Å².